The largest absolute Gasteiger partial charge is 0.495 e. The molecule has 0 aliphatic carbocycles. The van der Waals surface area contributed by atoms with Gasteiger partial charge in [-0.05, 0) is 68.1 Å². The summed E-state index contributed by atoms with van der Waals surface area (Å²) in [4.78, 5) is 12.8. The fourth-order valence-electron chi connectivity index (χ4n) is 2.96. The van der Waals surface area contributed by atoms with Gasteiger partial charge >= 0.3 is 0 Å². The van der Waals surface area contributed by atoms with Crippen LogP contribution in [0.3, 0.4) is 0 Å². The van der Waals surface area contributed by atoms with Gasteiger partial charge in [-0.15, -0.1) is 0 Å². The van der Waals surface area contributed by atoms with Crippen LogP contribution in [-0.4, -0.2) is 26.7 Å². The lowest BCUT2D eigenvalue weighted by Gasteiger charge is -2.16. The zero-order valence-electron chi connectivity index (χ0n) is 16.5. The van der Waals surface area contributed by atoms with E-state index < -0.39 is 15.1 Å². The molecule has 0 unspecified atom stereocenters. The van der Waals surface area contributed by atoms with Gasteiger partial charge in [0.15, 0.2) is 9.84 Å². The maximum Gasteiger partial charge on any atom is 0.255 e. The van der Waals surface area contributed by atoms with E-state index in [1.54, 1.807) is 12.1 Å². The number of sulfone groups is 1. The predicted molar refractivity (Wildman–Crippen MR) is 108 cm³/mol. The van der Waals surface area contributed by atoms with Crippen molar-refractivity contribution in [1.82, 2.24) is 0 Å². The number of aryl methyl sites for hydroxylation is 2. The number of anilines is 1. The van der Waals surface area contributed by atoms with Crippen molar-refractivity contribution in [2.75, 3.05) is 12.4 Å². The highest BCUT2D eigenvalue weighted by Gasteiger charge is 2.25. The molecule has 0 aliphatic heterocycles. The Labute approximate surface area is 161 Å². The van der Waals surface area contributed by atoms with Crippen LogP contribution in [0.4, 0.5) is 5.69 Å². The molecule has 0 fully saturated rings. The van der Waals surface area contributed by atoms with Crippen molar-refractivity contribution in [1.29, 1.82) is 0 Å². The van der Waals surface area contributed by atoms with E-state index in [-0.39, 0.29) is 10.8 Å². The zero-order valence-corrected chi connectivity index (χ0v) is 17.3. The summed E-state index contributed by atoms with van der Waals surface area (Å²) in [6.07, 6.45) is 1.07. The molecule has 2 aromatic rings. The number of carbonyl (C=O) groups is 1. The molecule has 2 rings (SSSR count). The first kappa shape index (κ1) is 21.0. The molecule has 27 heavy (non-hydrogen) atoms. The number of ether oxygens (including phenoxy) is 1. The minimum atomic E-state index is -3.47. The van der Waals surface area contributed by atoms with Gasteiger partial charge in [-0.25, -0.2) is 8.42 Å². The number of carbonyl (C=O) groups excluding carboxylic acids is 1. The summed E-state index contributed by atoms with van der Waals surface area (Å²) in [6, 6.07) is 10.0. The first-order valence-corrected chi connectivity index (χ1v) is 10.6. The Balaban J connectivity index is 2.40. The van der Waals surface area contributed by atoms with Crippen molar-refractivity contribution in [3.8, 4) is 5.75 Å². The molecule has 0 heterocycles. The average molecular weight is 390 g/mol. The highest BCUT2D eigenvalue weighted by Crippen LogP contribution is 2.30. The van der Waals surface area contributed by atoms with E-state index in [1.807, 2.05) is 39.8 Å². The minimum absolute atomic E-state index is 0.187. The number of hydrogen-bond acceptors (Lipinski definition) is 4. The molecule has 1 amide bonds. The summed E-state index contributed by atoms with van der Waals surface area (Å²) >= 11 is 0. The molecular formula is C21H27NO4S. The molecule has 0 radical (unpaired) electrons. The summed E-state index contributed by atoms with van der Waals surface area (Å²) in [6.45, 7) is 7.64. The van der Waals surface area contributed by atoms with Crippen LogP contribution < -0.4 is 10.1 Å². The normalized spacial score (nSPS) is 11.5. The third-order valence-corrected chi connectivity index (χ3v) is 7.32. The summed E-state index contributed by atoms with van der Waals surface area (Å²) in [5.41, 5.74) is 2.96. The molecule has 2 aromatic carbocycles. The van der Waals surface area contributed by atoms with Gasteiger partial charge in [-0.1, -0.05) is 19.9 Å². The van der Waals surface area contributed by atoms with Crippen LogP contribution in [0.15, 0.2) is 41.3 Å². The van der Waals surface area contributed by atoms with E-state index >= 15 is 0 Å². The molecule has 0 spiro atoms. The Morgan fingerprint density at radius 3 is 2.26 bits per heavy atom. The fraction of sp³-hybridized carbons (Fsp3) is 0.381. The maximum absolute atomic E-state index is 12.8. The van der Waals surface area contributed by atoms with Crippen molar-refractivity contribution in [3.05, 3.63) is 53.1 Å². The Morgan fingerprint density at radius 2 is 1.70 bits per heavy atom. The van der Waals surface area contributed by atoms with E-state index in [4.69, 9.17) is 4.74 Å². The average Bonchev–Trinajstić information content (AvgIpc) is 2.64. The minimum Gasteiger partial charge on any atom is -0.495 e. The number of amides is 1. The molecule has 5 nitrogen and oxygen atoms in total. The summed E-state index contributed by atoms with van der Waals surface area (Å²) in [5, 5.41) is 2.33. The maximum atomic E-state index is 12.8. The highest BCUT2D eigenvalue weighted by molar-refractivity contribution is 7.92. The van der Waals surface area contributed by atoms with Gasteiger partial charge in [0.25, 0.3) is 5.91 Å². The Kier molecular flexibility index (Phi) is 6.65. The number of benzene rings is 2. The van der Waals surface area contributed by atoms with Crippen molar-refractivity contribution in [3.63, 3.8) is 0 Å². The molecule has 0 aliphatic rings. The topological polar surface area (TPSA) is 72.5 Å². The molecule has 1 N–H and O–H groups in total. The van der Waals surface area contributed by atoms with Gasteiger partial charge in [0.05, 0.1) is 22.9 Å². The first-order chi connectivity index (χ1) is 12.7. The van der Waals surface area contributed by atoms with Crippen LogP contribution in [-0.2, 0) is 9.84 Å². The quantitative estimate of drug-likeness (QED) is 0.755. The van der Waals surface area contributed by atoms with Crippen LogP contribution in [0.2, 0.25) is 0 Å². The van der Waals surface area contributed by atoms with E-state index in [9.17, 15) is 13.2 Å². The second-order valence-corrected chi connectivity index (χ2v) is 8.83. The smallest absolute Gasteiger partial charge is 0.255 e. The van der Waals surface area contributed by atoms with Crippen LogP contribution in [0.1, 0.15) is 48.2 Å². The summed E-state index contributed by atoms with van der Waals surface area (Å²) < 4.78 is 31.0. The van der Waals surface area contributed by atoms with Gasteiger partial charge in [0.2, 0.25) is 0 Å². The molecular weight excluding hydrogens is 362 g/mol. The van der Waals surface area contributed by atoms with E-state index in [0.29, 0.717) is 29.8 Å². The third kappa shape index (κ3) is 4.50. The van der Waals surface area contributed by atoms with Gasteiger partial charge in [-0.2, -0.15) is 0 Å². The molecule has 0 atom stereocenters. The molecule has 0 saturated carbocycles. The molecule has 0 aromatic heterocycles. The second kappa shape index (κ2) is 8.57. The van der Waals surface area contributed by atoms with E-state index in [0.717, 1.165) is 11.1 Å². The van der Waals surface area contributed by atoms with Crippen molar-refractivity contribution in [2.45, 2.75) is 50.7 Å². The van der Waals surface area contributed by atoms with Gasteiger partial charge < -0.3 is 10.1 Å². The predicted octanol–water partition coefficient (Wildman–Crippen LogP) is 4.53. The second-order valence-electron chi connectivity index (χ2n) is 6.60. The van der Waals surface area contributed by atoms with E-state index in [1.165, 1.54) is 19.2 Å². The molecule has 0 saturated heterocycles. The zero-order chi connectivity index (χ0) is 20.2. The number of methoxy groups -OCH3 is 1. The van der Waals surface area contributed by atoms with Crippen LogP contribution in [0.5, 0.6) is 5.75 Å². The van der Waals surface area contributed by atoms with Crippen LogP contribution in [0.25, 0.3) is 0 Å². The third-order valence-electron chi connectivity index (χ3n) is 4.87. The lowest BCUT2D eigenvalue weighted by atomic mass is 10.1. The Bertz CT molecular complexity index is 931. The van der Waals surface area contributed by atoms with Crippen LogP contribution >= 0.6 is 0 Å². The number of hydrogen-bond donors (Lipinski definition) is 1. The fourth-order valence-corrected chi connectivity index (χ4v) is 4.76. The number of rotatable bonds is 7. The Hall–Kier alpha value is -2.34. The van der Waals surface area contributed by atoms with Crippen molar-refractivity contribution < 1.29 is 17.9 Å². The van der Waals surface area contributed by atoms with E-state index in [2.05, 4.69) is 5.32 Å². The molecule has 6 heteroatoms. The van der Waals surface area contributed by atoms with Crippen molar-refractivity contribution in [2.24, 2.45) is 0 Å². The standard InChI is InChI=1S/C21H27NO4S/c1-6-17(7-2)27(24,25)18-10-11-20(26-5)19(13-18)22-21(23)16-9-8-14(3)15(4)12-16/h8-13,17H,6-7H2,1-5H3,(H,22,23). The van der Waals surface area contributed by atoms with Gasteiger partial charge in [0.1, 0.15) is 5.75 Å². The van der Waals surface area contributed by atoms with Crippen LogP contribution in [0, 0.1) is 13.8 Å². The summed E-state index contributed by atoms with van der Waals surface area (Å²) in [5.74, 6) is 0.101. The lowest BCUT2D eigenvalue weighted by molar-refractivity contribution is 0.102. The van der Waals surface area contributed by atoms with Gasteiger partial charge in [0, 0.05) is 5.56 Å². The Morgan fingerprint density at radius 1 is 1.04 bits per heavy atom. The summed E-state index contributed by atoms with van der Waals surface area (Å²) in [7, 11) is -1.99. The molecule has 0 bridgehead atoms. The highest BCUT2D eigenvalue weighted by atomic mass is 32.2. The monoisotopic (exact) mass is 389 g/mol. The molecule has 146 valence electrons. The number of nitrogens with one attached hydrogen (secondary N) is 1. The van der Waals surface area contributed by atoms with Gasteiger partial charge in [-0.3, -0.25) is 4.79 Å². The lowest BCUT2D eigenvalue weighted by Crippen LogP contribution is -2.20. The SMILES string of the molecule is CCC(CC)S(=O)(=O)c1ccc(OC)c(NC(=O)c2ccc(C)c(C)c2)c1. The van der Waals surface area contributed by atoms with Crippen molar-refractivity contribution >= 4 is 21.4 Å². The first-order valence-electron chi connectivity index (χ1n) is 9.05.